The number of nitrogens with zero attached hydrogens (tertiary/aromatic N) is 2. The molecule has 1 fully saturated rings. The van der Waals surface area contributed by atoms with Gasteiger partial charge in [0, 0.05) is 25.3 Å². The maximum atomic E-state index is 12.2. The van der Waals surface area contributed by atoms with Crippen LogP contribution in [0.25, 0.3) is 0 Å². The van der Waals surface area contributed by atoms with Gasteiger partial charge >= 0.3 is 0 Å². The van der Waals surface area contributed by atoms with Gasteiger partial charge in [0.1, 0.15) is 0 Å². The molecule has 122 valence electrons. The van der Waals surface area contributed by atoms with Crippen LogP contribution in [0.2, 0.25) is 0 Å². The Morgan fingerprint density at radius 3 is 2.74 bits per heavy atom. The highest BCUT2D eigenvalue weighted by Gasteiger charge is 2.36. The molecule has 1 heterocycles. The molecule has 3 rings (SSSR count). The van der Waals surface area contributed by atoms with Gasteiger partial charge in [-0.05, 0) is 17.9 Å². The molecular weight excluding hydrogens is 290 g/mol. The second-order valence-corrected chi connectivity index (χ2v) is 6.26. The number of rotatable bonds is 6. The lowest BCUT2D eigenvalue weighted by Crippen LogP contribution is -2.29. The zero-order valence-corrected chi connectivity index (χ0v) is 13.5. The van der Waals surface area contributed by atoms with Crippen molar-refractivity contribution in [2.45, 2.75) is 45.1 Å². The molecule has 1 aliphatic carbocycles. The fraction of sp³-hybridized carbons (Fsp3) is 0.500. The molecule has 0 bridgehead atoms. The van der Waals surface area contributed by atoms with Crippen molar-refractivity contribution in [3.63, 3.8) is 0 Å². The molecule has 2 amide bonds. The minimum atomic E-state index is -0.0751. The molecule has 2 aliphatic rings. The first-order chi connectivity index (χ1) is 11.2. The molecule has 1 aliphatic heterocycles. The Balaban J connectivity index is 1.46. The van der Waals surface area contributed by atoms with Crippen molar-refractivity contribution in [1.82, 2.24) is 10.3 Å². The Morgan fingerprint density at radius 1 is 1.26 bits per heavy atom. The van der Waals surface area contributed by atoms with Crippen LogP contribution in [0.1, 0.15) is 44.6 Å². The van der Waals surface area contributed by atoms with Crippen molar-refractivity contribution >= 4 is 17.5 Å². The summed E-state index contributed by atoms with van der Waals surface area (Å²) in [5.41, 5.74) is 1.99. The molecule has 0 radical (unpaired) electrons. The van der Waals surface area contributed by atoms with Crippen LogP contribution >= 0.6 is 0 Å². The van der Waals surface area contributed by atoms with Crippen LogP contribution in [-0.2, 0) is 9.59 Å². The Bertz CT molecular complexity index is 612. The van der Waals surface area contributed by atoms with E-state index in [-0.39, 0.29) is 24.7 Å². The molecule has 5 nitrogen and oxygen atoms in total. The molecule has 2 atom stereocenters. The molecule has 0 unspecified atom stereocenters. The third-order valence-electron chi connectivity index (χ3n) is 4.56. The Labute approximate surface area is 136 Å². The van der Waals surface area contributed by atoms with E-state index in [0.717, 1.165) is 30.5 Å². The lowest BCUT2D eigenvalue weighted by Gasteiger charge is -2.11. The number of carbonyl (C=O) groups excluding carboxylic acids is 2. The summed E-state index contributed by atoms with van der Waals surface area (Å²) < 4.78 is 0. The van der Waals surface area contributed by atoms with E-state index in [4.69, 9.17) is 0 Å². The lowest BCUT2D eigenvalue weighted by atomic mass is 10.1. The van der Waals surface area contributed by atoms with E-state index in [9.17, 15) is 9.59 Å². The summed E-state index contributed by atoms with van der Waals surface area (Å²) in [6, 6.07) is 10.2. The molecule has 5 heteroatoms. The smallest absolute Gasteiger partial charge is 0.243 e. The number of amides is 2. The normalized spacial score (nSPS) is 22.7. The SMILES string of the molecule is CC[C@H]1C[C@@H]1NC(=O)CCC(=O)N1CCC(c2ccccc2)=N1. The van der Waals surface area contributed by atoms with E-state index in [0.29, 0.717) is 18.5 Å². The van der Waals surface area contributed by atoms with Gasteiger partial charge in [-0.25, -0.2) is 5.01 Å². The summed E-state index contributed by atoms with van der Waals surface area (Å²) in [4.78, 5) is 24.0. The van der Waals surface area contributed by atoms with Gasteiger partial charge in [-0.2, -0.15) is 5.10 Å². The van der Waals surface area contributed by atoms with Crippen LogP contribution in [0, 0.1) is 5.92 Å². The summed E-state index contributed by atoms with van der Waals surface area (Å²) in [7, 11) is 0. The van der Waals surface area contributed by atoms with Gasteiger partial charge in [-0.3, -0.25) is 9.59 Å². The van der Waals surface area contributed by atoms with Gasteiger partial charge in [0.15, 0.2) is 0 Å². The summed E-state index contributed by atoms with van der Waals surface area (Å²) in [6.07, 6.45) is 3.42. The summed E-state index contributed by atoms with van der Waals surface area (Å²) in [5, 5.41) is 8.90. The largest absolute Gasteiger partial charge is 0.353 e. The van der Waals surface area contributed by atoms with Crippen molar-refractivity contribution in [1.29, 1.82) is 0 Å². The highest BCUT2D eigenvalue weighted by atomic mass is 16.2. The topological polar surface area (TPSA) is 61.8 Å². The average Bonchev–Trinajstić information content (AvgIpc) is 3.13. The summed E-state index contributed by atoms with van der Waals surface area (Å²) in [6.45, 7) is 2.74. The van der Waals surface area contributed by atoms with Crippen LogP contribution in [0.15, 0.2) is 35.4 Å². The van der Waals surface area contributed by atoms with Crippen molar-refractivity contribution in [3.8, 4) is 0 Å². The predicted molar refractivity (Wildman–Crippen MR) is 88.9 cm³/mol. The monoisotopic (exact) mass is 313 g/mol. The first-order valence-electron chi connectivity index (χ1n) is 8.40. The molecule has 0 spiro atoms. The molecule has 1 saturated carbocycles. The Kier molecular flexibility index (Phi) is 4.74. The average molecular weight is 313 g/mol. The first kappa shape index (κ1) is 15.7. The van der Waals surface area contributed by atoms with E-state index in [2.05, 4.69) is 17.3 Å². The zero-order valence-electron chi connectivity index (χ0n) is 13.5. The Morgan fingerprint density at radius 2 is 2.04 bits per heavy atom. The molecule has 1 N–H and O–H groups in total. The first-order valence-corrected chi connectivity index (χ1v) is 8.40. The van der Waals surface area contributed by atoms with Crippen LogP contribution in [0.3, 0.4) is 0 Å². The van der Waals surface area contributed by atoms with Crippen LogP contribution < -0.4 is 5.32 Å². The van der Waals surface area contributed by atoms with Crippen molar-refractivity contribution < 1.29 is 9.59 Å². The number of hydrogen-bond acceptors (Lipinski definition) is 3. The van der Waals surface area contributed by atoms with Crippen LogP contribution in [0.4, 0.5) is 0 Å². The minimum Gasteiger partial charge on any atom is -0.353 e. The van der Waals surface area contributed by atoms with Crippen molar-refractivity contribution in [2.24, 2.45) is 11.0 Å². The molecule has 0 saturated heterocycles. The third-order valence-corrected chi connectivity index (χ3v) is 4.56. The highest BCUT2D eigenvalue weighted by molar-refractivity contribution is 6.02. The van der Waals surface area contributed by atoms with Gasteiger partial charge in [-0.1, -0.05) is 43.7 Å². The maximum absolute atomic E-state index is 12.2. The summed E-state index contributed by atoms with van der Waals surface area (Å²) in [5.74, 6) is 0.533. The van der Waals surface area contributed by atoms with Gasteiger partial charge < -0.3 is 5.32 Å². The van der Waals surface area contributed by atoms with Gasteiger partial charge in [-0.15, -0.1) is 0 Å². The lowest BCUT2D eigenvalue weighted by molar-refractivity contribution is -0.133. The van der Waals surface area contributed by atoms with Crippen LogP contribution in [0.5, 0.6) is 0 Å². The number of hydrogen-bond donors (Lipinski definition) is 1. The molecular formula is C18H23N3O2. The second kappa shape index (κ2) is 6.94. The fourth-order valence-electron chi connectivity index (χ4n) is 2.97. The molecule has 1 aromatic carbocycles. The number of benzene rings is 1. The second-order valence-electron chi connectivity index (χ2n) is 6.26. The van der Waals surface area contributed by atoms with E-state index in [1.807, 2.05) is 30.3 Å². The standard InChI is InChI=1S/C18H23N3O2/c1-2-13-12-16(13)19-17(22)8-9-18(23)21-11-10-15(20-21)14-6-4-3-5-7-14/h3-7,13,16H,2,8-12H2,1H3,(H,19,22)/t13-,16-/m0/s1. The van der Waals surface area contributed by atoms with Crippen molar-refractivity contribution in [2.75, 3.05) is 6.54 Å². The van der Waals surface area contributed by atoms with Crippen molar-refractivity contribution in [3.05, 3.63) is 35.9 Å². The van der Waals surface area contributed by atoms with Gasteiger partial charge in [0.2, 0.25) is 11.8 Å². The quantitative estimate of drug-likeness (QED) is 0.876. The van der Waals surface area contributed by atoms with Gasteiger partial charge in [0.25, 0.3) is 0 Å². The van der Waals surface area contributed by atoms with E-state index in [1.165, 1.54) is 5.01 Å². The van der Waals surface area contributed by atoms with E-state index < -0.39 is 0 Å². The minimum absolute atomic E-state index is 0.0224. The zero-order chi connectivity index (χ0) is 16.2. The highest BCUT2D eigenvalue weighted by Crippen LogP contribution is 2.33. The molecule has 0 aromatic heterocycles. The van der Waals surface area contributed by atoms with Gasteiger partial charge in [0.05, 0.1) is 12.3 Å². The van der Waals surface area contributed by atoms with E-state index >= 15 is 0 Å². The van der Waals surface area contributed by atoms with Crippen LogP contribution in [-0.4, -0.2) is 35.1 Å². The molecule has 23 heavy (non-hydrogen) atoms. The molecule has 1 aromatic rings. The van der Waals surface area contributed by atoms with E-state index in [1.54, 1.807) is 0 Å². The maximum Gasteiger partial charge on any atom is 0.243 e. The third kappa shape index (κ3) is 3.97. The number of carbonyl (C=O) groups is 2. The fourth-order valence-corrected chi connectivity index (χ4v) is 2.97. The predicted octanol–water partition coefficient (Wildman–Crippen LogP) is 2.32. The number of nitrogens with one attached hydrogen (secondary N) is 1. The summed E-state index contributed by atoms with van der Waals surface area (Å²) >= 11 is 0. The number of hydrazone groups is 1. The Hall–Kier alpha value is -2.17.